The topological polar surface area (TPSA) is 69.6 Å². The Morgan fingerprint density at radius 3 is 2.93 bits per heavy atom. The third-order valence-electron chi connectivity index (χ3n) is 2.08. The van der Waals surface area contributed by atoms with Crippen LogP contribution >= 0.6 is 0 Å². The molecule has 72 valence electrons. The standard InChI is InChI=1S/C9H11N5/c1-14-8(12-6-13-14)5-7-3-2-4-11-9(7)10/h2-4,6H,5H2,1H3,(H2,10,11). The lowest BCUT2D eigenvalue weighted by molar-refractivity contribution is 0.716. The molecule has 0 saturated heterocycles. The molecule has 2 aromatic heterocycles. The van der Waals surface area contributed by atoms with Gasteiger partial charge in [0.2, 0.25) is 0 Å². The van der Waals surface area contributed by atoms with Crippen molar-refractivity contribution in [1.82, 2.24) is 19.7 Å². The Morgan fingerprint density at radius 1 is 1.43 bits per heavy atom. The summed E-state index contributed by atoms with van der Waals surface area (Å²) in [6, 6.07) is 3.80. The summed E-state index contributed by atoms with van der Waals surface area (Å²) in [4.78, 5) is 8.13. The highest BCUT2D eigenvalue weighted by Gasteiger charge is 2.04. The number of hydrogen-bond donors (Lipinski definition) is 1. The van der Waals surface area contributed by atoms with Crippen molar-refractivity contribution in [2.75, 3.05) is 5.73 Å². The molecule has 0 saturated carbocycles. The summed E-state index contributed by atoms with van der Waals surface area (Å²) < 4.78 is 1.73. The van der Waals surface area contributed by atoms with Crippen molar-refractivity contribution < 1.29 is 0 Å². The third-order valence-corrected chi connectivity index (χ3v) is 2.08. The van der Waals surface area contributed by atoms with E-state index in [1.165, 1.54) is 6.33 Å². The molecule has 5 nitrogen and oxygen atoms in total. The van der Waals surface area contributed by atoms with Gasteiger partial charge in [-0.05, 0) is 6.07 Å². The van der Waals surface area contributed by atoms with E-state index in [0.29, 0.717) is 12.2 Å². The molecule has 5 heteroatoms. The van der Waals surface area contributed by atoms with Crippen LogP contribution < -0.4 is 5.73 Å². The summed E-state index contributed by atoms with van der Waals surface area (Å²) >= 11 is 0. The van der Waals surface area contributed by atoms with Gasteiger partial charge in [-0.2, -0.15) is 5.10 Å². The highest BCUT2D eigenvalue weighted by Crippen LogP contribution is 2.11. The van der Waals surface area contributed by atoms with Crippen LogP contribution in [0.4, 0.5) is 5.82 Å². The van der Waals surface area contributed by atoms with Crippen molar-refractivity contribution in [3.8, 4) is 0 Å². The van der Waals surface area contributed by atoms with Gasteiger partial charge in [0.15, 0.2) is 0 Å². The number of rotatable bonds is 2. The first-order valence-electron chi connectivity index (χ1n) is 4.29. The number of nitrogens with zero attached hydrogens (tertiary/aromatic N) is 4. The normalized spacial score (nSPS) is 10.4. The van der Waals surface area contributed by atoms with Crippen molar-refractivity contribution in [3.63, 3.8) is 0 Å². The fourth-order valence-electron chi connectivity index (χ4n) is 1.25. The minimum absolute atomic E-state index is 0.551. The number of aryl methyl sites for hydroxylation is 1. The summed E-state index contributed by atoms with van der Waals surface area (Å²) in [5.41, 5.74) is 6.69. The highest BCUT2D eigenvalue weighted by atomic mass is 15.3. The van der Waals surface area contributed by atoms with E-state index in [1.807, 2.05) is 19.2 Å². The van der Waals surface area contributed by atoms with Crippen molar-refractivity contribution in [1.29, 1.82) is 0 Å². The zero-order valence-corrected chi connectivity index (χ0v) is 7.88. The summed E-state index contributed by atoms with van der Waals surface area (Å²) in [6.07, 6.45) is 3.87. The lowest BCUT2D eigenvalue weighted by Gasteiger charge is -2.02. The molecule has 0 aromatic carbocycles. The Labute approximate surface area is 81.6 Å². The van der Waals surface area contributed by atoms with E-state index >= 15 is 0 Å². The fourth-order valence-corrected chi connectivity index (χ4v) is 1.25. The van der Waals surface area contributed by atoms with Gasteiger partial charge in [-0.25, -0.2) is 9.97 Å². The van der Waals surface area contributed by atoms with E-state index in [4.69, 9.17) is 5.73 Å². The highest BCUT2D eigenvalue weighted by molar-refractivity contribution is 5.39. The average Bonchev–Trinajstić information content (AvgIpc) is 2.56. The monoisotopic (exact) mass is 189 g/mol. The molecule has 0 unspecified atom stereocenters. The molecule has 2 aromatic rings. The van der Waals surface area contributed by atoms with E-state index in [0.717, 1.165) is 11.4 Å². The van der Waals surface area contributed by atoms with Gasteiger partial charge in [0.05, 0.1) is 0 Å². The van der Waals surface area contributed by atoms with E-state index in [1.54, 1.807) is 10.9 Å². The Bertz CT molecular complexity index is 434. The van der Waals surface area contributed by atoms with Crippen molar-refractivity contribution in [3.05, 3.63) is 36.0 Å². The van der Waals surface area contributed by atoms with Crippen molar-refractivity contribution >= 4 is 5.82 Å². The van der Waals surface area contributed by atoms with Gasteiger partial charge in [-0.15, -0.1) is 0 Å². The lowest BCUT2D eigenvalue weighted by atomic mass is 10.2. The Balaban J connectivity index is 2.28. The van der Waals surface area contributed by atoms with E-state index in [2.05, 4.69) is 15.1 Å². The number of hydrogen-bond acceptors (Lipinski definition) is 4. The molecule has 0 atom stereocenters. The van der Waals surface area contributed by atoms with Crippen LogP contribution in [-0.4, -0.2) is 19.7 Å². The molecule has 2 N–H and O–H groups in total. The first-order valence-corrected chi connectivity index (χ1v) is 4.29. The van der Waals surface area contributed by atoms with Crippen LogP contribution in [0.1, 0.15) is 11.4 Å². The van der Waals surface area contributed by atoms with Gasteiger partial charge < -0.3 is 5.73 Å². The minimum Gasteiger partial charge on any atom is -0.383 e. The van der Waals surface area contributed by atoms with Gasteiger partial charge in [0, 0.05) is 25.2 Å². The SMILES string of the molecule is Cn1ncnc1Cc1cccnc1N. The van der Waals surface area contributed by atoms with Crippen LogP contribution in [-0.2, 0) is 13.5 Å². The summed E-state index contributed by atoms with van der Waals surface area (Å²) in [5, 5.41) is 3.99. The number of nitrogens with two attached hydrogens (primary N) is 1. The molecule has 0 fully saturated rings. The second kappa shape index (κ2) is 3.45. The molecular formula is C9H11N5. The zero-order valence-electron chi connectivity index (χ0n) is 7.88. The Kier molecular flexibility index (Phi) is 2.14. The second-order valence-corrected chi connectivity index (χ2v) is 3.02. The van der Waals surface area contributed by atoms with Gasteiger partial charge in [0.25, 0.3) is 0 Å². The van der Waals surface area contributed by atoms with E-state index in [9.17, 15) is 0 Å². The maximum atomic E-state index is 5.72. The molecule has 0 bridgehead atoms. The van der Waals surface area contributed by atoms with Crippen LogP contribution in [0.5, 0.6) is 0 Å². The molecule has 0 aliphatic rings. The van der Waals surface area contributed by atoms with Gasteiger partial charge in [-0.3, -0.25) is 4.68 Å². The maximum Gasteiger partial charge on any atom is 0.138 e. The van der Waals surface area contributed by atoms with Gasteiger partial charge in [0.1, 0.15) is 18.0 Å². The Hall–Kier alpha value is -1.91. The smallest absolute Gasteiger partial charge is 0.138 e. The quantitative estimate of drug-likeness (QED) is 0.741. The van der Waals surface area contributed by atoms with Gasteiger partial charge in [-0.1, -0.05) is 6.07 Å². The lowest BCUT2D eigenvalue weighted by Crippen LogP contribution is -2.03. The van der Waals surface area contributed by atoms with Crippen LogP contribution in [0, 0.1) is 0 Å². The number of pyridine rings is 1. The van der Waals surface area contributed by atoms with Crippen LogP contribution in [0.25, 0.3) is 0 Å². The fraction of sp³-hybridized carbons (Fsp3) is 0.222. The molecule has 14 heavy (non-hydrogen) atoms. The number of aromatic nitrogens is 4. The molecule has 0 spiro atoms. The maximum absolute atomic E-state index is 5.72. The molecule has 0 amide bonds. The first kappa shape index (κ1) is 8.68. The number of anilines is 1. The predicted octanol–water partition coefficient (Wildman–Crippen LogP) is 0.383. The third kappa shape index (κ3) is 1.56. The van der Waals surface area contributed by atoms with Crippen LogP contribution in [0.15, 0.2) is 24.7 Å². The molecular weight excluding hydrogens is 178 g/mol. The minimum atomic E-state index is 0.551. The first-order chi connectivity index (χ1) is 6.77. The van der Waals surface area contributed by atoms with Crippen LogP contribution in [0.3, 0.4) is 0 Å². The van der Waals surface area contributed by atoms with Crippen molar-refractivity contribution in [2.45, 2.75) is 6.42 Å². The van der Waals surface area contributed by atoms with Crippen LogP contribution in [0.2, 0.25) is 0 Å². The Morgan fingerprint density at radius 2 is 2.29 bits per heavy atom. The molecule has 2 rings (SSSR count). The largest absolute Gasteiger partial charge is 0.383 e. The van der Waals surface area contributed by atoms with Crippen molar-refractivity contribution in [2.24, 2.45) is 7.05 Å². The average molecular weight is 189 g/mol. The molecule has 0 aliphatic heterocycles. The predicted molar refractivity (Wildman–Crippen MR) is 52.5 cm³/mol. The zero-order chi connectivity index (χ0) is 9.97. The summed E-state index contributed by atoms with van der Waals surface area (Å²) in [5.74, 6) is 1.43. The number of nitrogen functional groups attached to an aromatic ring is 1. The summed E-state index contributed by atoms with van der Waals surface area (Å²) in [7, 11) is 1.86. The van der Waals surface area contributed by atoms with Gasteiger partial charge >= 0.3 is 0 Å². The van der Waals surface area contributed by atoms with E-state index in [-0.39, 0.29) is 0 Å². The molecule has 2 heterocycles. The molecule has 0 aliphatic carbocycles. The van der Waals surface area contributed by atoms with E-state index < -0.39 is 0 Å². The summed E-state index contributed by atoms with van der Waals surface area (Å²) in [6.45, 7) is 0. The molecule has 0 radical (unpaired) electrons. The second-order valence-electron chi connectivity index (χ2n) is 3.02.